The Morgan fingerprint density at radius 2 is 1.58 bits per heavy atom. The minimum Gasteiger partial charge on any atom is -0.484 e. The largest absolute Gasteiger partial charge is 0.484 e. The molecule has 2 amide bonds. The maximum atomic E-state index is 12.9. The minimum atomic E-state index is -0.540. The smallest absolute Gasteiger partial charge is 0.288 e. The number of amides is 2. The summed E-state index contributed by atoms with van der Waals surface area (Å²) in [7, 11) is 0. The fraction of sp³-hybridized carbons (Fsp3) is 0.0400. The first-order valence-electron chi connectivity index (χ1n) is 10.1. The predicted molar refractivity (Wildman–Crippen MR) is 121 cm³/mol. The van der Waals surface area contributed by atoms with Crippen LogP contribution in [0.15, 0.2) is 91.0 Å². The Hall–Kier alpha value is -4.90. The van der Waals surface area contributed by atoms with Crippen molar-refractivity contribution in [3.63, 3.8) is 0 Å². The lowest BCUT2D eigenvalue weighted by molar-refractivity contribution is -0.123. The number of carbonyl (C=O) groups excluding carboxylic acids is 2. The minimum absolute atomic E-state index is 0.258. The topological polar surface area (TPSA) is 109 Å². The molecule has 0 atom stereocenters. The molecule has 0 saturated carbocycles. The standard InChI is InChI=1S/C25H19N5O3/c26-16-18-11-13-21(14-12-18)33-17-24(31)27-28-25(32)23-15-22(19-7-3-1-4-8-19)29-30(23)20-9-5-2-6-10-20/h1-15H,17H2,(H,27,31)(H,28,32). The third-order valence-corrected chi connectivity index (χ3v) is 4.68. The number of hydrogen-bond acceptors (Lipinski definition) is 5. The zero-order chi connectivity index (χ0) is 23.0. The van der Waals surface area contributed by atoms with E-state index in [1.165, 1.54) is 4.68 Å². The lowest BCUT2D eigenvalue weighted by Gasteiger charge is -2.10. The number of nitriles is 1. The molecule has 0 fully saturated rings. The van der Waals surface area contributed by atoms with Gasteiger partial charge in [-0.05, 0) is 42.5 Å². The molecule has 1 aromatic heterocycles. The molecule has 0 bridgehead atoms. The Kier molecular flexibility index (Phi) is 6.43. The first kappa shape index (κ1) is 21.3. The molecule has 1 heterocycles. The second-order valence-electron chi connectivity index (χ2n) is 6.96. The van der Waals surface area contributed by atoms with Crippen molar-refractivity contribution in [1.29, 1.82) is 5.26 Å². The molecule has 2 N–H and O–H groups in total. The molecule has 8 heteroatoms. The van der Waals surface area contributed by atoms with Gasteiger partial charge in [0.15, 0.2) is 6.61 Å². The van der Waals surface area contributed by atoms with Crippen LogP contribution in [0.4, 0.5) is 0 Å². The van der Waals surface area contributed by atoms with Gasteiger partial charge < -0.3 is 4.74 Å². The Bertz CT molecular complexity index is 1290. The third kappa shape index (κ3) is 5.24. The molecule has 0 radical (unpaired) electrons. The normalized spacial score (nSPS) is 10.2. The van der Waals surface area contributed by atoms with E-state index in [2.05, 4.69) is 16.0 Å². The van der Waals surface area contributed by atoms with Crippen molar-refractivity contribution in [1.82, 2.24) is 20.6 Å². The zero-order valence-electron chi connectivity index (χ0n) is 17.4. The van der Waals surface area contributed by atoms with Crippen molar-refractivity contribution in [2.24, 2.45) is 0 Å². The highest BCUT2D eigenvalue weighted by atomic mass is 16.5. The molecule has 4 rings (SSSR count). The van der Waals surface area contributed by atoms with Gasteiger partial charge in [-0.25, -0.2) is 4.68 Å². The van der Waals surface area contributed by atoms with Crippen molar-refractivity contribution in [3.8, 4) is 28.8 Å². The van der Waals surface area contributed by atoms with Gasteiger partial charge in [-0.15, -0.1) is 0 Å². The highest BCUT2D eigenvalue weighted by Crippen LogP contribution is 2.21. The summed E-state index contributed by atoms with van der Waals surface area (Å²) in [5.41, 5.74) is 7.69. The summed E-state index contributed by atoms with van der Waals surface area (Å²) >= 11 is 0. The van der Waals surface area contributed by atoms with Crippen LogP contribution < -0.4 is 15.6 Å². The second kappa shape index (κ2) is 9.94. The first-order valence-corrected chi connectivity index (χ1v) is 10.1. The summed E-state index contributed by atoms with van der Waals surface area (Å²) in [6.45, 7) is -0.306. The van der Waals surface area contributed by atoms with Gasteiger partial charge in [0.1, 0.15) is 11.4 Å². The Labute approximate surface area is 190 Å². The summed E-state index contributed by atoms with van der Waals surface area (Å²) in [6, 6.07) is 28.8. The molecule has 0 saturated heterocycles. The van der Waals surface area contributed by atoms with Gasteiger partial charge in [-0.3, -0.25) is 20.4 Å². The Balaban J connectivity index is 1.45. The van der Waals surface area contributed by atoms with E-state index in [0.29, 0.717) is 22.7 Å². The highest BCUT2D eigenvalue weighted by Gasteiger charge is 2.18. The monoisotopic (exact) mass is 437 g/mol. The van der Waals surface area contributed by atoms with E-state index < -0.39 is 11.8 Å². The van der Waals surface area contributed by atoms with Crippen LogP contribution in [0.2, 0.25) is 0 Å². The molecule has 3 aromatic carbocycles. The van der Waals surface area contributed by atoms with Gasteiger partial charge in [0.25, 0.3) is 11.8 Å². The van der Waals surface area contributed by atoms with Crippen LogP contribution in [0.3, 0.4) is 0 Å². The lowest BCUT2D eigenvalue weighted by Crippen LogP contribution is -2.44. The maximum absolute atomic E-state index is 12.9. The Morgan fingerprint density at radius 1 is 0.909 bits per heavy atom. The summed E-state index contributed by atoms with van der Waals surface area (Å²) < 4.78 is 6.89. The molecule has 0 aliphatic rings. The molecule has 0 unspecified atom stereocenters. The molecular weight excluding hydrogens is 418 g/mol. The van der Waals surface area contributed by atoms with E-state index in [1.807, 2.05) is 66.7 Å². The molecule has 0 aliphatic carbocycles. The highest BCUT2D eigenvalue weighted by molar-refractivity contribution is 5.95. The van der Waals surface area contributed by atoms with Crippen molar-refractivity contribution < 1.29 is 14.3 Å². The number of hydrazine groups is 1. The number of nitrogens with one attached hydrogen (secondary N) is 2. The predicted octanol–water partition coefficient (Wildman–Crippen LogP) is 3.25. The summed E-state index contributed by atoms with van der Waals surface area (Å²) in [4.78, 5) is 25.0. The van der Waals surface area contributed by atoms with E-state index in [-0.39, 0.29) is 12.3 Å². The SMILES string of the molecule is N#Cc1ccc(OCC(=O)NNC(=O)c2cc(-c3ccccc3)nn2-c2ccccc2)cc1. The summed E-state index contributed by atoms with van der Waals surface area (Å²) in [6.07, 6.45) is 0. The molecular formula is C25H19N5O3. The average Bonchev–Trinajstić information content (AvgIpc) is 3.33. The third-order valence-electron chi connectivity index (χ3n) is 4.68. The van der Waals surface area contributed by atoms with Crippen molar-refractivity contribution in [2.75, 3.05) is 6.61 Å². The average molecular weight is 437 g/mol. The van der Waals surface area contributed by atoms with Crippen molar-refractivity contribution >= 4 is 11.8 Å². The first-order chi connectivity index (χ1) is 16.1. The van der Waals surface area contributed by atoms with Crippen LogP contribution in [-0.2, 0) is 4.79 Å². The van der Waals surface area contributed by atoms with Crippen LogP contribution in [0, 0.1) is 11.3 Å². The maximum Gasteiger partial charge on any atom is 0.288 e. The van der Waals surface area contributed by atoms with Gasteiger partial charge in [-0.1, -0.05) is 48.5 Å². The van der Waals surface area contributed by atoms with E-state index in [4.69, 9.17) is 10.00 Å². The quantitative estimate of drug-likeness (QED) is 0.450. The number of rotatable bonds is 6. The molecule has 0 spiro atoms. The van der Waals surface area contributed by atoms with Crippen LogP contribution >= 0.6 is 0 Å². The number of benzene rings is 3. The van der Waals surface area contributed by atoms with Crippen molar-refractivity contribution in [3.05, 3.63) is 102 Å². The van der Waals surface area contributed by atoms with E-state index in [1.54, 1.807) is 30.3 Å². The Morgan fingerprint density at radius 3 is 2.24 bits per heavy atom. The van der Waals surface area contributed by atoms with Gasteiger partial charge in [0.05, 0.1) is 23.0 Å². The van der Waals surface area contributed by atoms with Crippen LogP contribution in [0.1, 0.15) is 16.1 Å². The second-order valence-corrected chi connectivity index (χ2v) is 6.96. The zero-order valence-corrected chi connectivity index (χ0v) is 17.4. The van der Waals surface area contributed by atoms with Crippen LogP contribution in [0.25, 0.3) is 16.9 Å². The molecule has 33 heavy (non-hydrogen) atoms. The fourth-order valence-electron chi connectivity index (χ4n) is 3.06. The molecule has 0 aliphatic heterocycles. The lowest BCUT2D eigenvalue weighted by atomic mass is 10.1. The van der Waals surface area contributed by atoms with Gasteiger partial charge in [0, 0.05) is 5.56 Å². The van der Waals surface area contributed by atoms with E-state index >= 15 is 0 Å². The number of nitrogens with zero attached hydrogens (tertiary/aromatic N) is 3. The number of ether oxygens (including phenoxy) is 1. The number of para-hydroxylation sites is 1. The van der Waals surface area contributed by atoms with Gasteiger partial charge in [0.2, 0.25) is 0 Å². The molecule has 162 valence electrons. The summed E-state index contributed by atoms with van der Waals surface area (Å²) in [5, 5.41) is 13.4. The van der Waals surface area contributed by atoms with Gasteiger partial charge in [-0.2, -0.15) is 10.4 Å². The van der Waals surface area contributed by atoms with Crippen molar-refractivity contribution in [2.45, 2.75) is 0 Å². The fourth-order valence-corrected chi connectivity index (χ4v) is 3.06. The van der Waals surface area contributed by atoms with Crippen LogP contribution in [0.5, 0.6) is 5.75 Å². The number of hydrogen-bond donors (Lipinski definition) is 2. The molecule has 8 nitrogen and oxygen atoms in total. The molecule has 4 aromatic rings. The number of carbonyl (C=O) groups is 2. The summed E-state index contributed by atoms with van der Waals surface area (Å²) in [5.74, 6) is -0.632. The van der Waals surface area contributed by atoms with E-state index in [0.717, 1.165) is 5.56 Å². The van der Waals surface area contributed by atoms with Crippen LogP contribution in [-0.4, -0.2) is 28.2 Å². The van der Waals surface area contributed by atoms with E-state index in [9.17, 15) is 9.59 Å². The van der Waals surface area contributed by atoms with Gasteiger partial charge >= 0.3 is 0 Å². The number of aromatic nitrogens is 2.